The van der Waals surface area contributed by atoms with Crippen LogP contribution in [0.1, 0.15) is 5.76 Å². The van der Waals surface area contributed by atoms with E-state index in [2.05, 4.69) is 5.32 Å². The van der Waals surface area contributed by atoms with Crippen molar-refractivity contribution in [2.24, 2.45) is 0 Å². The molecular weight excluding hydrogens is 308 g/mol. The number of aliphatic hydroxyl groups excluding tert-OH is 1. The third kappa shape index (κ3) is 6.28. The predicted molar refractivity (Wildman–Crippen MR) is 92.9 cm³/mol. The average molecular weight is 330 g/mol. The molecule has 1 heterocycles. The topological polar surface area (TPSA) is 74.9 Å². The molecule has 6 heteroatoms. The molecule has 0 aliphatic rings. The molecule has 0 fully saturated rings. The molecule has 1 amide bonds. The van der Waals surface area contributed by atoms with Crippen LogP contribution in [0.2, 0.25) is 0 Å². The standard InChI is InChI=1S/C18H22N2O4/c1-20(2)12-15(21)13-24-17-7-5-14(6-8-17)19-18(22)10-9-16-4-3-11-23-16/h3-11,15,21H,12-13H2,1-2H3,(H,19,22)/b10-9+. The molecule has 128 valence electrons. The SMILES string of the molecule is CN(C)CC(O)COc1ccc(NC(=O)/C=C/c2ccco2)cc1. The van der Waals surface area contributed by atoms with Crippen LogP contribution >= 0.6 is 0 Å². The third-order valence-electron chi connectivity index (χ3n) is 3.08. The van der Waals surface area contributed by atoms with E-state index in [1.807, 2.05) is 19.0 Å². The van der Waals surface area contributed by atoms with E-state index in [-0.39, 0.29) is 12.5 Å². The second-order valence-corrected chi connectivity index (χ2v) is 5.59. The van der Waals surface area contributed by atoms with Gasteiger partial charge in [0.15, 0.2) is 0 Å². The van der Waals surface area contributed by atoms with E-state index in [0.717, 1.165) is 0 Å². The van der Waals surface area contributed by atoms with Crippen LogP contribution in [0, 0.1) is 0 Å². The van der Waals surface area contributed by atoms with Crippen LogP contribution in [0.25, 0.3) is 6.08 Å². The molecule has 0 saturated carbocycles. The maximum Gasteiger partial charge on any atom is 0.248 e. The molecule has 0 saturated heterocycles. The minimum atomic E-state index is -0.550. The smallest absolute Gasteiger partial charge is 0.248 e. The van der Waals surface area contributed by atoms with Crippen molar-refractivity contribution < 1.29 is 19.1 Å². The maximum absolute atomic E-state index is 11.8. The number of nitrogens with zero attached hydrogens (tertiary/aromatic N) is 1. The lowest BCUT2D eigenvalue weighted by molar-refractivity contribution is -0.111. The summed E-state index contributed by atoms with van der Waals surface area (Å²) < 4.78 is 10.6. The molecule has 1 unspecified atom stereocenters. The molecule has 0 aliphatic carbocycles. The van der Waals surface area contributed by atoms with Gasteiger partial charge in [-0.05, 0) is 56.6 Å². The van der Waals surface area contributed by atoms with E-state index in [0.29, 0.717) is 23.7 Å². The molecule has 24 heavy (non-hydrogen) atoms. The van der Waals surface area contributed by atoms with Crippen LogP contribution < -0.4 is 10.1 Å². The Balaban J connectivity index is 1.80. The number of aliphatic hydroxyl groups is 1. The number of rotatable bonds is 8. The summed E-state index contributed by atoms with van der Waals surface area (Å²) in [7, 11) is 3.78. The number of hydrogen-bond donors (Lipinski definition) is 2. The van der Waals surface area contributed by atoms with E-state index in [4.69, 9.17) is 9.15 Å². The van der Waals surface area contributed by atoms with E-state index in [9.17, 15) is 9.90 Å². The Bertz CT molecular complexity index is 648. The summed E-state index contributed by atoms with van der Waals surface area (Å²) in [5.74, 6) is 1.00. The fourth-order valence-corrected chi connectivity index (χ4v) is 2.03. The number of carbonyl (C=O) groups is 1. The molecule has 1 aromatic carbocycles. The first-order chi connectivity index (χ1) is 11.5. The van der Waals surface area contributed by atoms with Gasteiger partial charge in [0, 0.05) is 18.3 Å². The summed E-state index contributed by atoms with van der Waals surface area (Å²) in [4.78, 5) is 13.7. The lowest BCUT2D eigenvalue weighted by Crippen LogP contribution is -2.30. The summed E-state index contributed by atoms with van der Waals surface area (Å²) in [6.45, 7) is 0.756. The van der Waals surface area contributed by atoms with Crippen LogP contribution in [-0.4, -0.2) is 49.3 Å². The zero-order valence-corrected chi connectivity index (χ0v) is 13.8. The highest BCUT2D eigenvalue weighted by Gasteiger charge is 2.06. The molecule has 0 bridgehead atoms. The van der Waals surface area contributed by atoms with Gasteiger partial charge < -0.3 is 24.5 Å². The van der Waals surface area contributed by atoms with E-state index >= 15 is 0 Å². The Hall–Kier alpha value is -2.57. The van der Waals surface area contributed by atoms with Crippen molar-refractivity contribution in [2.45, 2.75) is 6.10 Å². The third-order valence-corrected chi connectivity index (χ3v) is 3.08. The van der Waals surface area contributed by atoms with Crippen LogP contribution in [0.5, 0.6) is 5.75 Å². The predicted octanol–water partition coefficient (Wildman–Crippen LogP) is 2.23. The van der Waals surface area contributed by atoms with Crippen LogP contribution in [-0.2, 0) is 4.79 Å². The number of nitrogens with one attached hydrogen (secondary N) is 1. The summed E-state index contributed by atoms with van der Waals surface area (Å²) in [5, 5.41) is 12.5. The van der Waals surface area contributed by atoms with Gasteiger partial charge in [0.2, 0.25) is 5.91 Å². The fourth-order valence-electron chi connectivity index (χ4n) is 2.03. The Morgan fingerprint density at radius 3 is 2.71 bits per heavy atom. The number of anilines is 1. The van der Waals surface area contributed by atoms with E-state index in [1.165, 1.54) is 6.08 Å². The number of amides is 1. The number of furan rings is 1. The van der Waals surface area contributed by atoms with Crippen LogP contribution in [0.3, 0.4) is 0 Å². The van der Waals surface area contributed by atoms with E-state index in [1.54, 1.807) is 48.7 Å². The van der Waals surface area contributed by atoms with Gasteiger partial charge in [0.1, 0.15) is 24.2 Å². The van der Waals surface area contributed by atoms with Crippen molar-refractivity contribution >= 4 is 17.7 Å². The van der Waals surface area contributed by atoms with Crippen molar-refractivity contribution in [3.63, 3.8) is 0 Å². The maximum atomic E-state index is 11.8. The van der Waals surface area contributed by atoms with Crippen LogP contribution in [0.15, 0.2) is 53.2 Å². The summed E-state index contributed by atoms with van der Waals surface area (Å²) in [5.41, 5.74) is 0.658. The molecule has 0 spiro atoms. The Morgan fingerprint density at radius 1 is 1.33 bits per heavy atom. The van der Waals surface area contributed by atoms with Crippen molar-refractivity contribution in [3.8, 4) is 5.75 Å². The molecule has 0 aliphatic heterocycles. The lowest BCUT2D eigenvalue weighted by Gasteiger charge is -2.16. The minimum Gasteiger partial charge on any atom is -0.491 e. The highest BCUT2D eigenvalue weighted by atomic mass is 16.5. The van der Waals surface area contributed by atoms with Gasteiger partial charge in [-0.3, -0.25) is 4.79 Å². The van der Waals surface area contributed by atoms with Gasteiger partial charge in [-0.2, -0.15) is 0 Å². The molecule has 2 aromatic rings. The molecule has 1 aromatic heterocycles. The number of hydrogen-bond acceptors (Lipinski definition) is 5. The number of ether oxygens (including phenoxy) is 1. The first kappa shape index (κ1) is 17.8. The van der Waals surface area contributed by atoms with Crippen molar-refractivity contribution in [1.29, 1.82) is 0 Å². The number of likely N-dealkylation sites (N-methyl/N-ethyl adjacent to an activating group) is 1. The highest BCUT2D eigenvalue weighted by molar-refractivity contribution is 6.01. The number of carbonyl (C=O) groups excluding carboxylic acids is 1. The van der Waals surface area contributed by atoms with Crippen molar-refractivity contribution in [2.75, 3.05) is 32.6 Å². The minimum absolute atomic E-state index is 0.218. The normalized spacial score (nSPS) is 12.5. The van der Waals surface area contributed by atoms with Gasteiger partial charge in [-0.25, -0.2) is 0 Å². The van der Waals surface area contributed by atoms with Crippen LogP contribution in [0.4, 0.5) is 5.69 Å². The quantitative estimate of drug-likeness (QED) is 0.726. The average Bonchev–Trinajstić information content (AvgIpc) is 3.05. The second kappa shape index (κ2) is 8.90. The first-order valence-corrected chi connectivity index (χ1v) is 7.61. The first-order valence-electron chi connectivity index (χ1n) is 7.61. The Kier molecular flexibility index (Phi) is 6.60. The summed E-state index contributed by atoms with van der Waals surface area (Å²) in [6, 6.07) is 10.5. The Labute approximate surface area is 141 Å². The van der Waals surface area contributed by atoms with Gasteiger partial charge in [-0.15, -0.1) is 0 Å². The van der Waals surface area contributed by atoms with Crippen molar-refractivity contribution in [3.05, 3.63) is 54.5 Å². The zero-order chi connectivity index (χ0) is 17.4. The van der Waals surface area contributed by atoms with E-state index < -0.39 is 6.10 Å². The highest BCUT2D eigenvalue weighted by Crippen LogP contribution is 2.16. The van der Waals surface area contributed by atoms with Gasteiger partial charge in [0.05, 0.1) is 6.26 Å². The summed E-state index contributed by atoms with van der Waals surface area (Å²) in [6.07, 6.45) is 4.00. The molecule has 2 rings (SSSR count). The Morgan fingerprint density at radius 2 is 2.08 bits per heavy atom. The van der Waals surface area contributed by atoms with Gasteiger partial charge >= 0.3 is 0 Å². The molecule has 2 N–H and O–H groups in total. The lowest BCUT2D eigenvalue weighted by atomic mass is 10.3. The zero-order valence-electron chi connectivity index (χ0n) is 13.8. The number of benzene rings is 1. The monoisotopic (exact) mass is 330 g/mol. The summed E-state index contributed by atoms with van der Waals surface area (Å²) >= 11 is 0. The molecule has 1 atom stereocenters. The van der Waals surface area contributed by atoms with Crippen molar-refractivity contribution in [1.82, 2.24) is 4.90 Å². The van der Waals surface area contributed by atoms with Gasteiger partial charge in [-0.1, -0.05) is 0 Å². The van der Waals surface area contributed by atoms with Gasteiger partial charge in [0.25, 0.3) is 0 Å². The molecular formula is C18H22N2O4. The largest absolute Gasteiger partial charge is 0.491 e. The molecule has 0 radical (unpaired) electrons. The fraction of sp³-hybridized carbons (Fsp3) is 0.278. The molecule has 6 nitrogen and oxygen atoms in total. The second-order valence-electron chi connectivity index (χ2n) is 5.59.